The summed E-state index contributed by atoms with van der Waals surface area (Å²) in [5, 5.41) is 0. The van der Waals surface area contributed by atoms with Crippen molar-refractivity contribution in [2.75, 3.05) is 13.7 Å². The molecule has 0 radical (unpaired) electrons. The third kappa shape index (κ3) is 1.83. The molecule has 0 aliphatic carbocycles. The Morgan fingerprint density at radius 2 is 2.36 bits per heavy atom. The van der Waals surface area contributed by atoms with E-state index in [4.69, 9.17) is 10.5 Å². The fraction of sp³-hybridized carbons (Fsp3) is 0.857. The van der Waals surface area contributed by atoms with Crippen molar-refractivity contribution in [1.82, 2.24) is 4.90 Å². The maximum atomic E-state index is 10.8. The summed E-state index contributed by atoms with van der Waals surface area (Å²) in [4.78, 5) is 12.4. The van der Waals surface area contributed by atoms with Crippen molar-refractivity contribution in [2.24, 2.45) is 5.73 Å². The van der Waals surface area contributed by atoms with Gasteiger partial charge in [0.1, 0.15) is 6.23 Å². The Labute approximate surface area is 66.3 Å². The molecule has 1 aliphatic heterocycles. The highest BCUT2D eigenvalue weighted by Gasteiger charge is 2.23. The molecule has 1 rings (SSSR count). The van der Waals surface area contributed by atoms with Gasteiger partial charge < -0.3 is 10.5 Å². The lowest BCUT2D eigenvalue weighted by Gasteiger charge is -2.32. The van der Waals surface area contributed by atoms with Crippen LogP contribution in [0, 0.1) is 0 Å². The largest absolute Gasteiger partial charge is 0.361 e. The van der Waals surface area contributed by atoms with Crippen LogP contribution in [0.15, 0.2) is 0 Å². The van der Waals surface area contributed by atoms with Gasteiger partial charge >= 0.3 is 6.03 Å². The highest BCUT2D eigenvalue weighted by molar-refractivity contribution is 5.72. The molecule has 4 heteroatoms. The summed E-state index contributed by atoms with van der Waals surface area (Å²) in [6.07, 6.45) is 2.95. The van der Waals surface area contributed by atoms with Crippen molar-refractivity contribution in [3.63, 3.8) is 0 Å². The number of hydrogen-bond donors (Lipinski definition) is 1. The number of urea groups is 1. The van der Waals surface area contributed by atoms with Crippen molar-refractivity contribution in [3.8, 4) is 0 Å². The molecule has 1 heterocycles. The van der Waals surface area contributed by atoms with Crippen LogP contribution in [0.3, 0.4) is 0 Å². The maximum Gasteiger partial charge on any atom is 0.316 e. The van der Waals surface area contributed by atoms with Crippen LogP contribution in [0.5, 0.6) is 0 Å². The van der Waals surface area contributed by atoms with Crippen molar-refractivity contribution >= 4 is 6.03 Å². The van der Waals surface area contributed by atoms with Gasteiger partial charge in [-0.3, -0.25) is 4.90 Å². The van der Waals surface area contributed by atoms with E-state index in [0.29, 0.717) is 0 Å². The van der Waals surface area contributed by atoms with Gasteiger partial charge in [0.2, 0.25) is 0 Å². The molecule has 1 atom stereocenters. The number of methoxy groups -OCH3 is 1. The van der Waals surface area contributed by atoms with E-state index in [1.54, 1.807) is 12.0 Å². The molecule has 0 aromatic rings. The number of ether oxygens (including phenoxy) is 1. The molecule has 1 fully saturated rings. The topological polar surface area (TPSA) is 55.6 Å². The number of carbonyl (C=O) groups is 1. The first-order chi connectivity index (χ1) is 5.25. The molecule has 0 bridgehead atoms. The van der Waals surface area contributed by atoms with Crippen molar-refractivity contribution in [3.05, 3.63) is 0 Å². The number of likely N-dealkylation sites (tertiary alicyclic amines) is 1. The monoisotopic (exact) mass is 158 g/mol. The summed E-state index contributed by atoms with van der Waals surface area (Å²) in [7, 11) is 1.60. The molecule has 0 aromatic heterocycles. The Balaban J connectivity index is 2.51. The summed E-state index contributed by atoms with van der Waals surface area (Å²) >= 11 is 0. The molecular formula is C7H14N2O2. The molecule has 11 heavy (non-hydrogen) atoms. The SMILES string of the molecule is COC1CCCCN1C(N)=O. The highest BCUT2D eigenvalue weighted by Crippen LogP contribution is 2.16. The molecule has 1 unspecified atom stereocenters. The molecule has 1 saturated heterocycles. The number of piperidine rings is 1. The molecule has 1 aliphatic rings. The van der Waals surface area contributed by atoms with E-state index < -0.39 is 0 Å². The number of nitrogens with two attached hydrogens (primary N) is 1. The average molecular weight is 158 g/mol. The lowest BCUT2D eigenvalue weighted by molar-refractivity contribution is -0.0280. The van der Waals surface area contributed by atoms with Gasteiger partial charge in [-0.2, -0.15) is 0 Å². The van der Waals surface area contributed by atoms with E-state index in [1.807, 2.05) is 0 Å². The third-order valence-electron chi connectivity index (χ3n) is 2.00. The third-order valence-corrected chi connectivity index (χ3v) is 2.00. The van der Waals surface area contributed by atoms with Crippen LogP contribution in [0.4, 0.5) is 4.79 Å². The molecule has 64 valence electrons. The molecule has 0 spiro atoms. The second-order valence-electron chi connectivity index (χ2n) is 2.72. The summed E-state index contributed by atoms with van der Waals surface area (Å²) in [5.74, 6) is 0. The van der Waals surface area contributed by atoms with Gasteiger partial charge in [0, 0.05) is 13.7 Å². The Morgan fingerprint density at radius 1 is 1.64 bits per heavy atom. The van der Waals surface area contributed by atoms with Crippen molar-refractivity contribution in [2.45, 2.75) is 25.5 Å². The van der Waals surface area contributed by atoms with Gasteiger partial charge in [0.15, 0.2) is 0 Å². The second kappa shape index (κ2) is 3.57. The van der Waals surface area contributed by atoms with Crippen LogP contribution in [0.1, 0.15) is 19.3 Å². The zero-order valence-electron chi connectivity index (χ0n) is 6.75. The maximum absolute atomic E-state index is 10.8. The van der Waals surface area contributed by atoms with E-state index in [1.165, 1.54) is 0 Å². The predicted molar refractivity (Wildman–Crippen MR) is 40.9 cm³/mol. The van der Waals surface area contributed by atoms with Crippen LogP contribution in [-0.2, 0) is 4.74 Å². The Hall–Kier alpha value is -0.770. The van der Waals surface area contributed by atoms with Gasteiger partial charge in [0.05, 0.1) is 0 Å². The minimum Gasteiger partial charge on any atom is -0.361 e. The summed E-state index contributed by atoms with van der Waals surface area (Å²) in [6.45, 7) is 0.730. The van der Waals surface area contributed by atoms with E-state index in [0.717, 1.165) is 25.8 Å². The standard InChI is InChI=1S/C7H14N2O2/c1-11-6-4-2-3-5-9(6)7(8)10/h6H,2-5H2,1H3,(H2,8,10). The first kappa shape index (κ1) is 8.33. The normalized spacial score (nSPS) is 25.2. The fourth-order valence-corrected chi connectivity index (χ4v) is 1.40. The van der Waals surface area contributed by atoms with E-state index in [2.05, 4.69) is 0 Å². The Bertz CT molecular complexity index is 149. The lowest BCUT2D eigenvalue weighted by atomic mass is 10.1. The van der Waals surface area contributed by atoms with E-state index in [-0.39, 0.29) is 12.3 Å². The van der Waals surface area contributed by atoms with E-state index in [9.17, 15) is 4.79 Å². The minimum absolute atomic E-state index is 0.0961. The van der Waals surface area contributed by atoms with Crippen molar-refractivity contribution < 1.29 is 9.53 Å². The molecule has 0 aromatic carbocycles. The number of rotatable bonds is 1. The molecular weight excluding hydrogens is 144 g/mol. The predicted octanol–water partition coefficient (Wildman–Crippen LogP) is 0.524. The molecule has 0 saturated carbocycles. The number of hydrogen-bond acceptors (Lipinski definition) is 2. The van der Waals surface area contributed by atoms with Crippen LogP contribution in [-0.4, -0.2) is 30.8 Å². The van der Waals surface area contributed by atoms with Crippen LogP contribution < -0.4 is 5.73 Å². The minimum atomic E-state index is -0.378. The van der Waals surface area contributed by atoms with Crippen LogP contribution in [0.2, 0.25) is 0 Å². The number of amides is 2. The number of nitrogens with zero attached hydrogens (tertiary/aromatic N) is 1. The first-order valence-electron chi connectivity index (χ1n) is 3.84. The van der Waals surface area contributed by atoms with Crippen molar-refractivity contribution in [1.29, 1.82) is 0 Å². The summed E-state index contributed by atoms with van der Waals surface area (Å²) in [6, 6.07) is -0.378. The first-order valence-corrected chi connectivity index (χ1v) is 3.84. The Morgan fingerprint density at radius 3 is 2.82 bits per heavy atom. The van der Waals surface area contributed by atoms with E-state index >= 15 is 0 Å². The molecule has 2 N–H and O–H groups in total. The number of carbonyl (C=O) groups excluding carboxylic acids is 1. The van der Waals surface area contributed by atoms with Gasteiger partial charge in [-0.15, -0.1) is 0 Å². The number of primary amides is 1. The van der Waals surface area contributed by atoms with Crippen LogP contribution in [0.25, 0.3) is 0 Å². The summed E-state index contributed by atoms with van der Waals surface area (Å²) in [5.41, 5.74) is 5.14. The average Bonchev–Trinajstić information content (AvgIpc) is 2.04. The highest BCUT2D eigenvalue weighted by atomic mass is 16.5. The van der Waals surface area contributed by atoms with Crippen LogP contribution >= 0.6 is 0 Å². The zero-order chi connectivity index (χ0) is 8.27. The summed E-state index contributed by atoms with van der Waals surface area (Å²) < 4.78 is 5.09. The Kier molecular flexibility index (Phi) is 2.70. The smallest absolute Gasteiger partial charge is 0.316 e. The van der Waals surface area contributed by atoms with Gasteiger partial charge in [0.25, 0.3) is 0 Å². The van der Waals surface area contributed by atoms with Gasteiger partial charge in [-0.1, -0.05) is 0 Å². The zero-order valence-corrected chi connectivity index (χ0v) is 6.75. The molecule has 4 nitrogen and oxygen atoms in total. The molecule has 2 amide bonds. The van der Waals surface area contributed by atoms with Gasteiger partial charge in [-0.25, -0.2) is 4.79 Å². The fourth-order valence-electron chi connectivity index (χ4n) is 1.40. The van der Waals surface area contributed by atoms with Gasteiger partial charge in [-0.05, 0) is 19.3 Å². The second-order valence-corrected chi connectivity index (χ2v) is 2.72. The lowest BCUT2D eigenvalue weighted by Crippen LogP contribution is -2.47. The quantitative estimate of drug-likeness (QED) is 0.605.